The van der Waals surface area contributed by atoms with Crippen LogP contribution >= 0.6 is 22.7 Å². The van der Waals surface area contributed by atoms with Gasteiger partial charge in [-0.25, -0.2) is 9.97 Å². The highest BCUT2D eigenvalue weighted by Gasteiger charge is 2.15. The minimum atomic E-state index is -0.104. The van der Waals surface area contributed by atoms with Crippen molar-refractivity contribution in [2.24, 2.45) is 0 Å². The Balaban J connectivity index is 1.19. The summed E-state index contributed by atoms with van der Waals surface area (Å²) in [5, 5.41) is 8.68. The zero-order valence-corrected chi connectivity index (χ0v) is 18.2. The van der Waals surface area contributed by atoms with Gasteiger partial charge in [-0.1, -0.05) is 12.1 Å². The van der Waals surface area contributed by atoms with Gasteiger partial charge in [-0.05, 0) is 24.3 Å². The van der Waals surface area contributed by atoms with E-state index in [9.17, 15) is 4.79 Å². The molecule has 0 aliphatic carbocycles. The third-order valence-electron chi connectivity index (χ3n) is 4.86. The summed E-state index contributed by atoms with van der Waals surface area (Å²) in [6, 6.07) is 11.4. The molecule has 0 unspecified atom stereocenters. The molecule has 1 aliphatic rings. The Morgan fingerprint density at radius 1 is 1.06 bits per heavy atom. The summed E-state index contributed by atoms with van der Waals surface area (Å²) in [7, 11) is 0. The normalized spacial score (nSPS) is 14.0. The average molecular weight is 453 g/mol. The molecule has 0 spiro atoms. The maximum atomic E-state index is 12.4. The third kappa shape index (κ3) is 4.68. The summed E-state index contributed by atoms with van der Waals surface area (Å²) in [4.78, 5) is 23.9. The molecule has 0 saturated carbocycles. The van der Waals surface area contributed by atoms with Crippen LogP contribution in [0.2, 0.25) is 0 Å². The van der Waals surface area contributed by atoms with E-state index in [0.29, 0.717) is 5.76 Å². The molecule has 1 saturated heterocycles. The largest absolute Gasteiger partial charge is 0.462 e. The van der Waals surface area contributed by atoms with Crippen LogP contribution in [0.15, 0.2) is 57.8 Å². The van der Waals surface area contributed by atoms with E-state index in [4.69, 9.17) is 14.1 Å². The number of anilines is 2. The Morgan fingerprint density at radius 2 is 1.90 bits per heavy atom. The number of hydrogen-bond acceptors (Lipinski definition) is 8. The lowest BCUT2D eigenvalue weighted by Crippen LogP contribution is -2.36. The lowest BCUT2D eigenvalue weighted by Gasteiger charge is -2.26. The molecule has 9 heteroatoms. The monoisotopic (exact) mass is 452 g/mol. The minimum Gasteiger partial charge on any atom is -0.462 e. The number of ether oxygens (including phenoxy) is 1. The lowest BCUT2D eigenvalue weighted by molar-refractivity contribution is -0.115. The number of benzene rings is 1. The summed E-state index contributed by atoms with van der Waals surface area (Å²) in [5.74, 6) is 0.610. The molecule has 7 nitrogen and oxygen atoms in total. The van der Waals surface area contributed by atoms with E-state index in [1.54, 1.807) is 17.6 Å². The van der Waals surface area contributed by atoms with E-state index >= 15 is 0 Å². The Labute approximate surface area is 187 Å². The first-order chi connectivity index (χ1) is 15.2. The molecule has 1 aromatic carbocycles. The van der Waals surface area contributed by atoms with E-state index < -0.39 is 0 Å². The van der Waals surface area contributed by atoms with Crippen LogP contribution in [0, 0.1) is 0 Å². The molecular formula is C22H20N4O3S2. The Bertz CT molecular complexity index is 1150. The first kappa shape index (κ1) is 19.9. The van der Waals surface area contributed by atoms with Gasteiger partial charge >= 0.3 is 0 Å². The minimum absolute atomic E-state index is 0.104. The van der Waals surface area contributed by atoms with Gasteiger partial charge in [-0.3, -0.25) is 4.79 Å². The van der Waals surface area contributed by atoms with Crippen molar-refractivity contribution >= 4 is 39.4 Å². The predicted molar refractivity (Wildman–Crippen MR) is 123 cm³/mol. The van der Waals surface area contributed by atoms with Crippen LogP contribution in [-0.4, -0.2) is 42.2 Å². The van der Waals surface area contributed by atoms with Crippen molar-refractivity contribution < 1.29 is 13.9 Å². The van der Waals surface area contributed by atoms with Crippen molar-refractivity contribution in [1.29, 1.82) is 0 Å². The maximum absolute atomic E-state index is 12.4. The molecule has 158 valence electrons. The molecule has 3 aromatic heterocycles. The zero-order valence-electron chi connectivity index (χ0n) is 16.6. The van der Waals surface area contributed by atoms with Gasteiger partial charge in [0.05, 0.1) is 37.3 Å². The number of thiazole rings is 2. The number of rotatable bonds is 6. The summed E-state index contributed by atoms with van der Waals surface area (Å²) >= 11 is 3.11. The van der Waals surface area contributed by atoms with Gasteiger partial charge in [0, 0.05) is 35.1 Å². The Hall–Kier alpha value is -3.01. The SMILES string of the molecule is O=C(Cc1csc(-c2ccco2)n1)Nc1ccc(-c2csc(N3CCOCC3)n2)cc1. The van der Waals surface area contributed by atoms with Gasteiger partial charge in [0.1, 0.15) is 0 Å². The van der Waals surface area contributed by atoms with Gasteiger partial charge in [-0.2, -0.15) is 0 Å². The number of hydrogen-bond donors (Lipinski definition) is 1. The summed E-state index contributed by atoms with van der Waals surface area (Å²) in [5.41, 5.74) is 3.44. The fourth-order valence-corrected chi connectivity index (χ4v) is 4.97. The first-order valence-electron chi connectivity index (χ1n) is 9.91. The van der Waals surface area contributed by atoms with Gasteiger partial charge in [-0.15, -0.1) is 22.7 Å². The summed E-state index contributed by atoms with van der Waals surface area (Å²) < 4.78 is 10.8. The topological polar surface area (TPSA) is 80.5 Å². The number of morpholine rings is 1. The molecule has 5 rings (SSSR count). The standard InChI is InChI=1S/C22H20N4O3S2/c27-20(12-17-13-30-21(24-17)19-2-1-9-29-19)23-16-5-3-15(4-6-16)18-14-31-22(25-18)26-7-10-28-11-8-26/h1-6,9,13-14H,7-8,10-12H2,(H,23,27). The average Bonchev–Trinajstić information content (AvgIpc) is 3.56. The second-order valence-electron chi connectivity index (χ2n) is 7.04. The van der Waals surface area contributed by atoms with E-state index in [1.165, 1.54) is 11.3 Å². The van der Waals surface area contributed by atoms with Crippen LogP contribution in [0.1, 0.15) is 5.69 Å². The molecule has 1 N–H and O–H groups in total. The predicted octanol–water partition coefficient (Wildman–Crippen LogP) is 4.54. The van der Waals surface area contributed by atoms with Crippen molar-refractivity contribution in [3.63, 3.8) is 0 Å². The molecule has 1 fully saturated rings. The lowest BCUT2D eigenvalue weighted by atomic mass is 10.1. The summed E-state index contributed by atoms with van der Waals surface area (Å²) in [6.07, 6.45) is 1.83. The van der Waals surface area contributed by atoms with Gasteiger partial charge in [0.15, 0.2) is 15.9 Å². The molecular weight excluding hydrogens is 432 g/mol. The van der Waals surface area contributed by atoms with Crippen molar-refractivity contribution in [3.05, 3.63) is 59.1 Å². The molecule has 0 radical (unpaired) electrons. The summed E-state index contributed by atoms with van der Waals surface area (Å²) in [6.45, 7) is 3.24. The van der Waals surface area contributed by atoms with Gasteiger partial charge < -0.3 is 19.4 Å². The Kier molecular flexibility index (Phi) is 5.79. The second-order valence-corrected chi connectivity index (χ2v) is 8.73. The van der Waals surface area contributed by atoms with Crippen molar-refractivity contribution in [1.82, 2.24) is 9.97 Å². The molecule has 0 atom stereocenters. The van der Waals surface area contributed by atoms with E-state index in [2.05, 4.69) is 20.6 Å². The number of amides is 1. The van der Waals surface area contributed by atoms with E-state index in [-0.39, 0.29) is 12.3 Å². The Morgan fingerprint density at radius 3 is 2.68 bits per heavy atom. The number of carbonyl (C=O) groups excluding carboxylic acids is 1. The highest BCUT2D eigenvalue weighted by atomic mass is 32.1. The number of nitrogens with one attached hydrogen (secondary N) is 1. The molecule has 4 aromatic rings. The van der Waals surface area contributed by atoms with Crippen molar-refractivity contribution in [3.8, 4) is 22.0 Å². The van der Waals surface area contributed by atoms with Crippen molar-refractivity contribution in [2.45, 2.75) is 6.42 Å². The fraction of sp³-hybridized carbons (Fsp3) is 0.227. The quantitative estimate of drug-likeness (QED) is 0.462. The van der Waals surface area contributed by atoms with Crippen LogP contribution in [0.25, 0.3) is 22.0 Å². The van der Waals surface area contributed by atoms with E-state index in [0.717, 1.165) is 59.1 Å². The number of aromatic nitrogens is 2. The van der Waals surface area contributed by atoms with Gasteiger partial charge in [0.2, 0.25) is 5.91 Å². The van der Waals surface area contributed by atoms with Gasteiger partial charge in [0.25, 0.3) is 0 Å². The van der Waals surface area contributed by atoms with Crippen LogP contribution < -0.4 is 10.2 Å². The fourth-order valence-electron chi connectivity index (χ4n) is 3.29. The maximum Gasteiger partial charge on any atom is 0.230 e. The molecule has 1 aliphatic heterocycles. The number of carbonyl (C=O) groups is 1. The van der Waals surface area contributed by atoms with Crippen LogP contribution in [0.5, 0.6) is 0 Å². The van der Waals surface area contributed by atoms with E-state index in [1.807, 2.05) is 41.8 Å². The molecule has 1 amide bonds. The molecule has 31 heavy (non-hydrogen) atoms. The van der Waals surface area contributed by atoms with Crippen LogP contribution in [0.3, 0.4) is 0 Å². The highest BCUT2D eigenvalue weighted by molar-refractivity contribution is 7.14. The second kappa shape index (κ2) is 9.01. The third-order valence-corrected chi connectivity index (χ3v) is 6.67. The highest BCUT2D eigenvalue weighted by Crippen LogP contribution is 2.29. The van der Waals surface area contributed by atoms with Crippen LogP contribution in [0.4, 0.5) is 10.8 Å². The smallest absolute Gasteiger partial charge is 0.230 e. The van der Waals surface area contributed by atoms with Crippen molar-refractivity contribution in [2.75, 3.05) is 36.5 Å². The first-order valence-corrected chi connectivity index (χ1v) is 11.7. The molecule has 4 heterocycles. The molecule has 0 bridgehead atoms. The number of furan rings is 1. The van der Waals surface area contributed by atoms with Crippen LogP contribution in [-0.2, 0) is 16.0 Å². The zero-order chi connectivity index (χ0) is 21.0. The number of nitrogens with zero attached hydrogens (tertiary/aromatic N) is 3.